The summed E-state index contributed by atoms with van der Waals surface area (Å²) in [5, 5.41) is 21.9. The predicted octanol–water partition coefficient (Wildman–Crippen LogP) is 2.03. The smallest absolute Gasteiger partial charge is 0.408 e. The molecule has 4 N–H and O–H groups in total. The molecule has 1 rings (SSSR count). The highest BCUT2D eigenvalue weighted by molar-refractivity contribution is 5.86. The van der Waals surface area contributed by atoms with Gasteiger partial charge in [0.15, 0.2) is 0 Å². The zero-order chi connectivity index (χ0) is 20.3. The van der Waals surface area contributed by atoms with Gasteiger partial charge in [-0.05, 0) is 39.2 Å². The summed E-state index contributed by atoms with van der Waals surface area (Å²) < 4.78 is 5.24. The van der Waals surface area contributed by atoms with Crippen LogP contribution in [0.25, 0.3) is 0 Å². The summed E-state index contributed by atoms with van der Waals surface area (Å²) in [4.78, 5) is 29.0. The number of hydrogen-bond donors (Lipinski definition) is 4. The maximum atomic E-state index is 12.5. The summed E-state index contributed by atoms with van der Waals surface area (Å²) in [6.45, 7) is 5.72. The molecule has 0 radical (unpaired) electrons. The van der Waals surface area contributed by atoms with Crippen LogP contribution in [0.2, 0.25) is 0 Å². The molecule has 0 aliphatic carbocycles. The van der Waals surface area contributed by atoms with Crippen molar-refractivity contribution >= 4 is 12.0 Å². The molecule has 9 nitrogen and oxygen atoms in total. The standard InChI is InChI=1S/C18H29N3O6/c1-18(2,3)27-17(23)20-15(13-14-9-5-4-6-10-14)16(22)19-11-7-8-12-26-21(24)25/h4-6,9-10,15,24-25H,7-8,11-13H2,1-3H3,(H,19,22)(H,20,23). The zero-order valence-electron chi connectivity index (χ0n) is 16.0. The molecule has 0 aliphatic heterocycles. The number of alkyl carbamates (subject to hydrolysis) is 1. The Morgan fingerprint density at radius 1 is 1.15 bits per heavy atom. The van der Waals surface area contributed by atoms with Crippen molar-refractivity contribution in [3.05, 3.63) is 35.9 Å². The number of carbonyl (C=O) groups excluding carboxylic acids is 2. The maximum absolute atomic E-state index is 12.5. The van der Waals surface area contributed by atoms with Crippen molar-refractivity contribution in [3.63, 3.8) is 0 Å². The molecular weight excluding hydrogens is 354 g/mol. The molecule has 0 saturated carbocycles. The second kappa shape index (κ2) is 11.5. The topological polar surface area (TPSA) is 120 Å². The number of amides is 2. The fourth-order valence-electron chi connectivity index (χ4n) is 2.22. The molecule has 9 heteroatoms. The van der Waals surface area contributed by atoms with E-state index in [1.54, 1.807) is 20.8 Å². The largest absolute Gasteiger partial charge is 0.444 e. The number of benzene rings is 1. The van der Waals surface area contributed by atoms with E-state index in [2.05, 4.69) is 15.5 Å². The van der Waals surface area contributed by atoms with Gasteiger partial charge in [-0.15, -0.1) is 0 Å². The number of carbonyl (C=O) groups is 2. The summed E-state index contributed by atoms with van der Waals surface area (Å²) in [5.41, 5.74) is 0.249. The summed E-state index contributed by atoms with van der Waals surface area (Å²) >= 11 is 0. The van der Waals surface area contributed by atoms with Crippen LogP contribution < -0.4 is 10.6 Å². The summed E-state index contributed by atoms with van der Waals surface area (Å²) in [6, 6.07) is 8.59. The SMILES string of the molecule is CC(C)(C)OC(=O)NC(Cc1ccccc1)C(=O)NCCCCON(O)O. The van der Waals surface area contributed by atoms with E-state index in [1.807, 2.05) is 30.3 Å². The third kappa shape index (κ3) is 11.2. The fourth-order valence-corrected chi connectivity index (χ4v) is 2.22. The van der Waals surface area contributed by atoms with Gasteiger partial charge in [0, 0.05) is 13.0 Å². The first-order valence-corrected chi connectivity index (χ1v) is 8.79. The normalized spacial score (nSPS) is 12.5. The Hall–Kier alpha value is -2.20. The van der Waals surface area contributed by atoms with Gasteiger partial charge in [-0.2, -0.15) is 0 Å². The van der Waals surface area contributed by atoms with Crippen LogP contribution >= 0.6 is 0 Å². The molecule has 1 aromatic carbocycles. The highest BCUT2D eigenvalue weighted by Crippen LogP contribution is 2.08. The van der Waals surface area contributed by atoms with Crippen molar-refractivity contribution < 1.29 is 29.6 Å². The molecule has 0 spiro atoms. The van der Waals surface area contributed by atoms with E-state index < -0.39 is 17.7 Å². The third-order valence-electron chi connectivity index (χ3n) is 3.37. The monoisotopic (exact) mass is 383 g/mol. The summed E-state index contributed by atoms with van der Waals surface area (Å²) in [5.74, 6) is -0.323. The van der Waals surface area contributed by atoms with Crippen LogP contribution in [0, 0.1) is 0 Å². The number of nitrogens with zero attached hydrogens (tertiary/aromatic N) is 1. The van der Waals surface area contributed by atoms with Crippen molar-refractivity contribution in [2.75, 3.05) is 13.2 Å². The van der Waals surface area contributed by atoms with Crippen LogP contribution in [0.5, 0.6) is 0 Å². The number of rotatable bonds is 10. The fraction of sp³-hybridized carbons (Fsp3) is 0.556. The Morgan fingerprint density at radius 3 is 2.41 bits per heavy atom. The Bertz CT molecular complexity index is 574. The summed E-state index contributed by atoms with van der Waals surface area (Å²) in [7, 11) is 0. The van der Waals surface area contributed by atoms with Gasteiger partial charge < -0.3 is 15.4 Å². The Labute approximate surface area is 159 Å². The van der Waals surface area contributed by atoms with Crippen molar-refractivity contribution in [2.24, 2.45) is 0 Å². The van der Waals surface area contributed by atoms with E-state index >= 15 is 0 Å². The number of unbranched alkanes of at least 4 members (excludes halogenated alkanes) is 1. The van der Waals surface area contributed by atoms with E-state index in [1.165, 1.54) is 0 Å². The number of nitrogens with one attached hydrogen (secondary N) is 2. The minimum Gasteiger partial charge on any atom is -0.444 e. The van der Waals surface area contributed by atoms with Crippen molar-refractivity contribution in [2.45, 2.75) is 51.7 Å². The van der Waals surface area contributed by atoms with E-state index in [-0.39, 0.29) is 17.9 Å². The molecule has 0 bridgehead atoms. The number of hydrogen-bond acceptors (Lipinski definition) is 7. The first-order chi connectivity index (χ1) is 12.7. The van der Waals surface area contributed by atoms with Crippen LogP contribution in [0.4, 0.5) is 4.79 Å². The first kappa shape index (κ1) is 22.8. The van der Waals surface area contributed by atoms with Crippen LogP contribution in [-0.2, 0) is 20.8 Å². The van der Waals surface area contributed by atoms with Crippen LogP contribution in [0.1, 0.15) is 39.2 Å². The molecule has 152 valence electrons. The lowest BCUT2D eigenvalue weighted by Gasteiger charge is -2.23. The van der Waals surface area contributed by atoms with E-state index in [4.69, 9.17) is 15.2 Å². The van der Waals surface area contributed by atoms with Crippen molar-refractivity contribution in [1.82, 2.24) is 16.0 Å². The molecule has 0 fully saturated rings. The molecule has 0 aromatic heterocycles. The molecule has 0 heterocycles. The van der Waals surface area contributed by atoms with E-state index in [9.17, 15) is 9.59 Å². The van der Waals surface area contributed by atoms with Gasteiger partial charge in [-0.1, -0.05) is 30.3 Å². The molecule has 2 amide bonds. The van der Waals surface area contributed by atoms with Gasteiger partial charge in [0.05, 0.1) is 12.0 Å². The van der Waals surface area contributed by atoms with Gasteiger partial charge in [0.1, 0.15) is 11.6 Å². The van der Waals surface area contributed by atoms with Crippen molar-refractivity contribution in [1.29, 1.82) is 0 Å². The lowest BCUT2D eigenvalue weighted by atomic mass is 10.1. The molecule has 27 heavy (non-hydrogen) atoms. The quantitative estimate of drug-likeness (QED) is 0.360. The van der Waals surface area contributed by atoms with Gasteiger partial charge in [0.25, 0.3) is 0 Å². The lowest BCUT2D eigenvalue weighted by molar-refractivity contribution is -0.492. The first-order valence-electron chi connectivity index (χ1n) is 8.79. The van der Waals surface area contributed by atoms with E-state index in [0.717, 1.165) is 5.56 Å². The van der Waals surface area contributed by atoms with Gasteiger partial charge in [0.2, 0.25) is 5.91 Å². The minimum atomic E-state index is -0.774. The molecular formula is C18H29N3O6. The average molecular weight is 383 g/mol. The maximum Gasteiger partial charge on any atom is 0.408 e. The van der Waals surface area contributed by atoms with Gasteiger partial charge in [-0.25, -0.2) is 4.79 Å². The molecule has 1 aromatic rings. The Kier molecular flexibility index (Phi) is 9.73. The van der Waals surface area contributed by atoms with Crippen LogP contribution in [-0.4, -0.2) is 52.6 Å². The average Bonchev–Trinajstić information content (AvgIpc) is 2.56. The highest BCUT2D eigenvalue weighted by Gasteiger charge is 2.24. The highest BCUT2D eigenvalue weighted by atomic mass is 17.1. The summed E-state index contributed by atoms with van der Waals surface area (Å²) in [6.07, 6.45) is 0.766. The lowest BCUT2D eigenvalue weighted by Crippen LogP contribution is -2.49. The van der Waals surface area contributed by atoms with E-state index in [0.29, 0.717) is 25.8 Å². The van der Waals surface area contributed by atoms with Gasteiger partial charge in [-0.3, -0.25) is 20.0 Å². The Morgan fingerprint density at radius 2 is 1.81 bits per heavy atom. The minimum absolute atomic E-state index is 0.104. The van der Waals surface area contributed by atoms with Crippen molar-refractivity contribution in [3.8, 4) is 0 Å². The second-order valence-corrected chi connectivity index (χ2v) is 6.97. The van der Waals surface area contributed by atoms with Crippen LogP contribution in [0.3, 0.4) is 0 Å². The predicted molar refractivity (Wildman–Crippen MR) is 96.9 cm³/mol. The van der Waals surface area contributed by atoms with Crippen LogP contribution in [0.15, 0.2) is 30.3 Å². The third-order valence-corrected chi connectivity index (χ3v) is 3.37. The molecule has 1 unspecified atom stereocenters. The Balaban J connectivity index is 2.56. The number of ether oxygens (including phenoxy) is 1. The zero-order valence-corrected chi connectivity index (χ0v) is 16.0. The molecule has 0 aliphatic rings. The van der Waals surface area contributed by atoms with Gasteiger partial charge >= 0.3 is 6.09 Å². The molecule has 0 saturated heterocycles. The second-order valence-electron chi connectivity index (χ2n) is 6.97. The molecule has 1 atom stereocenters.